The third-order valence-corrected chi connectivity index (χ3v) is 5.25. The van der Waals surface area contributed by atoms with Crippen LogP contribution in [-0.2, 0) is 6.54 Å². The number of aromatic nitrogens is 4. The molecular weight excluding hydrogens is 390 g/mol. The van der Waals surface area contributed by atoms with E-state index in [1.807, 2.05) is 40.0 Å². The zero-order chi connectivity index (χ0) is 22.6. The Morgan fingerprint density at radius 3 is 2.71 bits per heavy atom. The van der Waals surface area contributed by atoms with Gasteiger partial charge in [-0.15, -0.1) is 0 Å². The Labute approximate surface area is 184 Å². The third-order valence-electron chi connectivity index (χ3n) is 5.25. The van der Waals surface area contributed by atoms with Crippen molar-refractivity contribution in [3.8, 4) is 6.07 Å². The average Bonchev–Trinajstić information content (AvgIpc) is 3.43. The standard InChI is InChI=1S/C13H16N6O.C8H13N.C2H6/c1-7(2)12(19-20)16-6-10-17-9-5-15-13-8(3-4-14-13)11(9)18-10;9-7-6-8-4-2-1-3-5-8;1-2/h3-5,7,20H,6H2,1-2H3,(H,14,15)(H,16,19)(H,17,18);8H,1-6H2;1-2H3. The summed E-state index contributed by atoms with van der Waals surface area (Å²) in [5, 5.41) is 18.4. The lowest BCUT2D eigenvalue weighted by molar-refractivity contribution is 0.228. The van der Waals surface area contributed by atoms with Gasteiger partial charge in [-0.05, 0) is 24.8 Å². The van der Waals surface area contributed by atoms with Crippen LogP contribution in [0.3, 0.4) is 0 Å². The molecule has 3 heterocycles. The molecule has 1 saturated carbocycles. The average molecular weight is 426 g/mol. The summed E-state index contributed by atoms with van der Waals surface area (Å²) >= 11 is 0. The predicted molar refractivity (Wildman–Crippen MR) is 125 cm³/mol. The molecule has 8 nitrogen and oxygen atoms in total. The largest absolute Gasteiger partial charge is 0.346 e. The second-order valence-electron chi connectivity index (χ2n) is 7.78. The highest BCUT2D eigenvalue weighted by Crippen LogP contribution is 2.25. The van der Waals surface area contributed by atoms with Gasteiger partial charge in [-0.2, -0.15) is 5.26 Å². The highest BCUT2D eigenvalue weighted by atomic mass is 16.5. The van der Waals surface area contributed by atoms with Gasteiger partial charge in [-0.25, -0.2) is 9.97 Å². The summed E-state index contributed by atoms with van der Waals surface area (Å²) in [6, 6.07) is 4.19. The molecule has 8 heteroatoms. The maximum absolute atomic E-state index is 9.00. The molecule has 3 aromatic rings. The quantitative estimate of drug-likeness (QED) is 0.250. The molecular formula is C23H35N7O. The fourth-order valence-corrected chi connectivity index (χ4v) is 3.63. The first kappa shape index (κ1) is 24.4. The first-order chi connectivity index (χ1) is 15.1. The van der Waals surface area contributed by atoms with Crippen molar-refractivity contribution >= 4 is 27.9 Å². The van der Waals surface area contributed by atoms with E-state index in [2.05, 4.69) is 36.5 Å². The van der Waals surface area contributed by atoms with Gasteiger partial charge in [0, 0.05) is 23.9 Å². The molecule has 0 atom stereocenters. The minimum absolute atomic E-state index is 0.127. The highest BCUT2D eigenvalue weighted by Gasteiger charge is 2.12. The first-order valence-electron chi connectivity index (χ1n) is 11.2. The number of pyridine rings is 1. The number of fused-ring (bicyclic) bond motifs is 3. The molecule has 0 amide bonds. The first-order valence-corrected chi connectivity index (χ1v) is 11.2. The van der Waals surface area contributed by atoms with Gasteiger partial charge in [0.25, 0.3) is 0 Å². The van der Waals surface area contributed by atoms with Crippen molar-refractivity contribution in [2.45, 2.75) is 72.8 Å². The number of hydrogen-bond acceptors (Lipinski definition) is 5. The molecule has 4 rings (SSSR count). The second-order valence-corrected chi connectivity index (χ2v) is 7.78. The number of nitrogens with zero attached hydrogens (tertiary/aromatic N) is 4. The molecule has 168 valence electrons. The van der Waals surface area contributed by atoms with Crippen molar-refractivity contribution in [3.05, 3.63) is 24.3 Å². The van der Waals surface area contributed by atoms with E-state index in [0.29, 0.717) is 12.4 Å². The summed E-state index contributed by atoms with van der Waals surface area (Å²) in [6.07, 6.45) is 11.1. The molecule has 3 aromatic heterocycles. The van der Waals surface area contributed by atoms with Crippen LogP contribution in [0.5, 0.6) is 0 Å². The summed E-state index contributed by atoms with van der Waals surface area (Å²) in [4.78, 5) is 19.4. The van der Waals surface area contributed by atoms with Crippen molar-refractivity contribution < 1.29 is 5.21 Å². The SMILES string of the molecule is CC.CC(C)C(=NCc1nc2c(cnc3[nH]ccc32)[nH]1)NO.N#CCC1CCCCC1. The van der Waals surface area contributed by atoms with Crippen LogP contribution in [-0.4, -0.2) is 31.0 Å². The lowest BCUT2D eigenvalue weighted by atomic mass is 9.87. The van der Waals surface area contributed by atoms with E-state index in [0.717, 1.165) is 40.2 Å². The Kier molecular flexibility index (Phi) is 9.98. The minimum atomic E-state index is 0.127. The van der Waals surface area contributed by atoms with Gasteiger partial charge in [0.05, 0.1) is 24.3 Å². The van der Waals surface area contributed by atoms with E-state index in [4.69, 9.17) is 10.5 Å². The molecule has 1 fully saturated rings. The highest BCUT2D eigenvalue weighted by molar-refractivity contribution is 6.00. The molecule has 1 aliphatic carbocycles. The molecule has 0 bridgehead atoms. The van der Waals surface area contributed by atoms with Crippen molar-refractivity contribution in [1.29, 1.82) is 5.26 Å². The second kappa shape index (κ2) is 12.7. The van der Waals surface area contributed by atoms with Gasteiger partial charge in [-0.1, -0.05) is 47.0 Å². The number of imidazole rings is 1. The van der Waals surface area contributed by atoms with E-state index in [-0.39, 0.29) is 5.92 Å². The lowest BCUT2D eigenvalue weighted by Gasteiger charge is -2.17. The number of nitriles is 1. The van der Waals surface area contributed by atoms with Crippen LogP contribution in [0, 0.1) is 23.2 Å². The van der Waals surface area contributed by atoms with E-state index in [1.165, 1.54) is 32.1 Å². The van der Waals surface area contributed by atoms with E-state index >= 15 is 0 Å². The van der Waals surface area contributed by atoms with Gasteiger partial charge in [-0.3, -0.25) is 15.7 Å². The third kappa shape index (κ3) is 6.79. The zero-order valence-corrected chi connectivity index (χ0v) is 19.1. The molecule has 0 aromatic carbocycles. The predicted octanol–water partition coefficient (Wildman–Crippen LogP) is 5.48. The van der Waals surface area contributed by atoms with Crippen molar-refractivity contribution in [1.82, 2.24) is 25.4 Å². The lowest BCUT2D eigenvalue weighted by Crippen LogP contribution is -2.24. The van der Waals surface area contributed by atoms with E-state index in [9.17, 15) is 0 Å². The molecule has 0 aliphatic heterocycles. The molecule has 4 N–H and O–H groups in total. The Morgan fingerprint density at radius 1 is 1.32 bits per heavy atom. The van der Waals surface area contributed by atoms with Gasteiger partial charge in [0.2, 0.25) is 0 Å². The summed E-state index contributed by atoms with van der Waals surface area (Å²) in [6.45, 7) is 8.28. The van der Waals surface area contributed by atoms with E-state index < -0.39 is 0 Å². The van der Waals surface area contributed by atoms with Gasteiger partial charge in [0.1, 0.15) is 22.8 Å². The van der Waals surface area contributed by atoms with Crippen LogP contribution in [0.1, 0.15) is 72.0 Å². The van der Waals surface area contributed by atoms with Gasteiger partial charge in [0.15, 0.2) is 0 Å². The Hall–Kier alpha value is -2.92. The Balaban J connectivity index is 0.000000261. The number of rotatable bonds is 4. The van der Waals surface area contributed by atoms with Crippen LogP contribution in [0.2, 0.25) is 0 Å². The topological polar surface area (TPSA) is 126 Å². The number of amidine groups is 1. The molecule has 0 spiro atoms. The van der Waals surface area contributed by atoms with Crippen molar-refractivity contribution in [2.24, 2.45) is 16.8 Å². The van der Waals surface area contributed by atoms with Crippen LogP contribution >= 0.6 is 0 Å². The zero-order valence-electron chi connectivity index (χ0n) is 19.1. The molecule has 31 heavy (non-hydrogen) atoms. The number of hydroxylamine groups is 1. The van der Waals surface area contributed by atoms with Gasteiger partial charge >= 0.3 is 0 Å². The molecule has 0 unspecified atom stereocenters. The summed E-state index contributed by atoms with van der Waals surface area (Å²) in [7, 11) is 0. The number of nitrogens with one attached hydrogen (secondary N) is 3. The fraction of sp³-hybridized carbons (Fsp3) is 0.565. The number of aromatic amines is 2. The summed E-state index contributed by atoms with van der Waals surface area (Å²) < 4.78 is 0. The maximum Gasteiger partial charge on any atom is 0.139 e. The minimum Gasteiger partial charge on any atom is -0.346 e. The van der Waals surface area contributed by atoms with Crippen LogP contribution in [0.25, 0.3) is 22.1 Å². The number of aliphatic imine (C=N–C) groups is 1. The van der Waals surface area contributed by atoms with Crippen molar-refractivity contribution in [2.75, 3.05) is 0 Å². The maximum atomic E-state index is 9.00. The number of H-pyrrole nitrogens is 2. The summed E-state index contributed by atoms with van der Waals surface area (Å²) in [5.41, 5.74) is 4.70. The normalized spacial score (nSPS) is 14.5. The van der Waals surface area contributed by atoms with Crippen molar-refractivity contribution in [3.63, 3.8) is 0 Å². The van der Waals surface area contributed by atoms with E-state index in [1.54, 1.807) is 6.20 Å². The van der Waals surface area contributed by atoms with Crippen LogP contribution < -0.4 is 5.48 Å². The smallest absolute Gasteiger partial charge is 0.139 e. The van der Waals surface area contributed by atoms with Gasteiger partial charge < -0.3 is 9.97 Å². The molecule has 0 radical (unpaired) electrons. The Morgan fingerprint density at radius 2 is 2.06 bits per heavy atom. The fourth-order valence-electron chi connectivity index (χ4n) is 3.63. The Bertz CT molecular complexity index is 990. The summed E-state index contributed by atoms with van der Waals surface area (Å²) in [5.74, 6) is 2.14. The molecule has 1 aliphatic rings. The molecule has 0 saturated heterocycles. The van der Waals surface area contributed by atoms with Crippen LogP contribution in [0.15, 0.2) is 23.5 Å². The van der Waals surface area contributed by atoms with Crippen LogP contribution in [0.4, 0.5) is 0 Å². The number of hydrogen-bond donors (Lipinski definition) is 4. The monoisotopic (exact) mass is 425 g/mol.